The van der Waals surface area contributed by atoms with E-state index in [-0.39, 0.29) is 11.8 Å². The van der Waals surface area contributed by atoms with Gasteiger partial charge < -0.3 is 15.0 Å². The third-order valence-corrected chi connectivity index (χ3v) is 2.64. The molecule has 0 amide bonds. The lowest BCUT2D eigenvalue weighted by atomic mass is 10.2. The second-order valence-corrected chi connectivity index (χ2v) is 4.36. The fraction of sp³-hybridized carbons (Fsp3) is 0.308. The predicted octanol–water partition coefficient (Wildman–Crippen LogP) is 1.91. The molecule has 0 saturated heterocycles. The van der Waals surface area contributed by atoms with Gasteiger partial charge in [-0.3, -0.25) is 0 Å². The fourth-order valence-electron chi connectivity index (χ4n) is 1.80. The summed E-state index contributed by atoms with van der Waals surface area (Å²) >= 11 is 0. The lowest BCUT2D eigenvalue weighted by Crippen LogP contribution is -2.29. The highest BCUT2D eigenvalue weighted by atomic mass is 19.1. The van der Waals surface area contributed by atoms with E-state index in [1.165, 1.54) is 6.07 Å². The van der Waals surface area contributed by atoms with E-state index in [9.17, 15) is 9.50 Å². The van der Waals surface area contributed by atoms with Gasteiger partial charge in [-0.15, -0.1) is 0 Å². The van der Waals surface area contributed by atoms with Crippen molar-refractivity contribution in [3.8, 4) is 5.75 Å². The Morgan fingerprint density at radius 3 is 2.94 bits per heavy atom. The summed E-state index contributed by atoms with van der Waals surface area (Å²) in [6.45, 7) is 3.35. The van der Waals surface area contributed by atoms with E-state index in [0.29, 0.717) is 6.54 Å². The molecular weight excluding hydrogens is 233 g/mol. The number of halogens is 1. The molecule has 96 valence electrons. The maximum Gasteiger partial charge on any atom is 0.127 e. The van der Waals surface area contributed by atoms with E-state index in [2.05, 4.69) is 10.3 Å². The number of aromatic hydroxyl groups is 1. The number of phenolic OH excluding ortho intramolecular Hbond substituents is 1. The van der Waals surface area contributed by atoms with E-state index >= 15 is 0 Å². The Morgan fingerprint density at radius 1 is 1.44 bits per heavy atom. The van der Waals surface area contributed by atoms with Crippen molar-refractivity contribution in [1.82, 2.24) is 14.9 Å². The number of aromatic nitrogens is 2. The predicted molar refractivity (Wildman–Crippen MR) is 66.6 cm³/mol. The Hall–Kier alpha value is -1.88. The minimum atomic E-state index is -0.422. The monoisotopic (exact) mass is 249 g/mol. The number of imidazole rings is 1. The first-order valence-corrected chi connectivity index (χ1v) is 5.81. The molecule has 1 atom stereocenters. The van der Waals surface area contributed by atoms with Crippen molar-refractivity contribution in [3.63, 3.8) is 0 Å². The molecule has 2 N–H and O–H groups in total. The van der Waals surface area contributed by atoms with E-state index in [1.807, 2.05) is 17.7 Å². The van der Waals surface area contributed by atoms with Gasteiger partial charge in [-0.25, -0.2) is 9.37 Å². The summed E-state index contributed by atoms with van der Waals surface area (Å²) in [4.78, 5) is 3.97. The topological polar surface area (TPSA) is 50.1 Å². The van der Waals surface area contributed by atoms with Gasteiger partial charge in [-0.1, -0.05) is 0 Å². The molecule has 4 nitrogen and oxygen atoms in total. The Bertz CT molecular complexity index is 479. The smallest absolute Gasteiger partial charge is 0.127 e. The average molecular weight is 249 g/mol. The van der Waals surface area contributed by atoms with E-state index in [4.69, 9.17) is 0 Å². The van der Waals surface area contributed by atoms with Crippen molar-refractivity contribution >= 4 is 0 Å². The van der Waals surface area contributed by atoms with Gasteiger partial charge in [0.15, 0.2) is 0 Å². The first kappa shape index (κ1) is 12.6. The molecule has 0 aliphatic heterocycles. The van der Waals surface area contributed by atoms with Crippen molar-refractivity contribution in [2.24, 2.45) is 0 Å². The third kappa shape index (κ3) is 3.56. The van der Waals surface area contributed by atoms with Crippen LogP contribution in [0.4, 0.5) is 4.39 Å². The van der Waals surface area contributed by atoms with Gasteiger partial charge in [-0.2, -0.15) is 0 Å². The lowest BCUT2D eigenvalue weighted by Gasteiger charge is -2.14. The van der Waals surface area contributed by atoms with Crippen LogP contribution in [0.15, 0.2) is 36.9 Å². The van der Waals surface area contributed by atoms with Crippen LogP contribution in [0.25, 0.3) is 0 Å². The molecule has 1 heterocycles. The van der Waals surface area contributed by atoms with Crippen molar-refractivity contribution in [1.29, 1.82) is 0 Å². The van der Waals surface area contributed by atoms with Crippen molar-refractivity contribution in [2.45, 2.75) is 26.1 Å². The number of hydrogen-bond donors (Lipinski definition) is 2. The fourth-order valence-corrected chi connectivity index (χ4v) is 1.80. The zero-order valence-electron chi connectivity index (χ0n) is 10.2. The summed E-state index contributed by atoms with van der Waals surface area (Å²) in [5, 5.41) is 12.6. The van der Waals surface area contributed by atoms with E-state index < -0.39 is 5.82 Å². The molecule has 5 heteroatoms. The number of benzene rings is 1. The Kier molecular flexibility index (Phi) is 3.94. The minimum Gasteiger partial charge on any atom is -0.508 e. The van der Waals surface area contributed by atoms with Gasteiger partial charge in [0, 0.05) is 37.6 Å². The van der Waals surface area contributed by atoms with Crippen molar-refractivity contribution in [2.75, 3.05) is 0 Å². The van der Waals surface area contributed by atoms with Crippen LogP contribution in [-0.2, 0) is 13.1 Å². The molecule has 1 aromatic heterocycles. The van der Waals surface area contributed by atoms with Crippen LogP contribution in [0.2, 0.25) is 0 Å². The van der Waals surface area contributed by atoms with Crippen LogP contribution in [0.3, 0.4) is 0 Å². The van der Waals surface area contributed by atoms with Crippen LogP contribution in [-0.4, -0.2) is 20.7 Å². The second-order valence-electron chi connectivity index (χ2n) is 4.36. The van der Waals surface area contributed by atoms with Crippen LogP contribution in [0.1, 0.15) is 12.5 Å². The lowest BCUT2D eigenvalue weighted by molar-refractivity contribution is 0.460. The molecule has 0 fully saturated rings. The molecular formula is C13H16FN3O. The Balaban J connectivity index is 1.87. The zero-order valence-corrected chi connectivity index (χ0v) is 10.2. The largest absolute Gasteiger partial charge is 0.508 e. The van der Waals surface area contributed by atoms with Gasteiger partial charge in [0.2, 0.25) is 0 Å². The van der Waals surface area contributed by atoms with Crippen molar-refractivity contribution in [3.05, 3.63) is 48.3 Å². The maximum atomic E-state index is 13.1. The number of nitrogens with zero attached hydrogens (tertiary/aromatic N) is 2. The minimum absolute atomic E-state index is 0.0472. The molecule has 0 aliphatic carbocycles. The first-order chi connectivity index (χ1) is 8.63. The molecule has 18 heavy (non-hydrogen) atoms. The third-order valence-electron chi connectivity index (χ3n) is 2.64. The molecule has 0 radical (unpaired) electrons. The second kappa shape index (κ2) is 5.64. The number of nitrogens with one attached hydrogen (secondary N) is 1. The van der Waals surface area contributed by atoms with Gasteiger partial charge in [0.25, 0.3) is 0 Å². The average Bonchev–Trinajstić information content (AvgIpc) is 2.78. The molecule has 0 spiro atoms. The molecule has 1 aromatic carbocycles. The van der Waals surface area contributed by atoms with Gasteiger partial charge >= 0.3 is 0 Å². The summed E-state index contributed by atoms with van der Waals surface area (Å²) < 4.78 is 15.0. The summed E-state index contributed by atoms with van der Waals surface area (Å²) in [7, 11) is 0. The van der Waals surface area contributed by atoms with Gasteiger partial charge in [-0.05, 0) is 24.6 Å². The standard InChI is InChI=1S/C13H16FN3O/c1-10(8-17-3-2-15-9-17)16-7-11-4-12(14)6-13(18)5-11/h2-6,9-10,16,18H,7-8H2,1H3. The zero-order chi connectivity index (χ0) is 13.0. The van der Waals surface area contributed by atoms with Crippen LogP contribution >= 0.6 is 0 Å². The number of rotatable bonds is 5. The van der Waals surface area contributed by atoms with E-state index in [1.54, 1.807) is 18.6 Å². The quantitative estimate of drug-likeness (QED) is 0.851. The normalized spacial score (nSPS) is 12.6. The first-order valence-electron chi connectivity index (χ1n) is 5.81. The molecule has 1 unspecified atom stereocenters. The number of hydrogen-bond acceptors (Lipinski definition) is 3. The SMILES string of the molecule is CC(Cn1ccnc1)NCc1cc(O)cc(F)c1. The van der Waals surface area contributed by atoms with Gasteiger partial charge in [0.05, 0.1) is 6.33 Å². The van der Waals surface area contributed by atoms with Gasteiger partial charge in [0.1, 0.15) is 11.6 Å². The van der Waals surface area contributed by atoms with Crippen LogP contribution in [0.5, 0.6) is 5.75 Å². The summed E-state index contributed by atoms with van der Waals surface area (Å²) in [6.07, 6.45) is 5.38. The summed E-state index contributed by atoms with van der Waals surface area (Å²) in [6, 6.07) is 4.29. The van der Waals surface area contributed by atoms with E-state index in [0.717, 1.165) is 18.2 Å². The summed E-state index contributed by atoms with van der Waals surface area (Å²) in [5.41, 5.74) is 0.727. The number of phenols is 1. The highest BCUT2D eigenvalue weighted by Gasteiger charge is 2.04. The molecule has 0 aliphatic rings. The Labute approximate surface area is 105 Å². The maximum absolute atomic E-state index is 13.1. The summed E-state index contributed by atoms with van der Waals surface area (Å²) in [5.74, 6) is -0.469. The highest BCUT2D eigenvalue weighted by molar-refractivity contribution is 5.28. The molecule has 0 bridgehead atoms. The highest BCUT2D eigenvalue weighted by Crippen LogP contribution is 2.14. The van der Waals surface area contributed by atoms with Crippen molar-refractivity contribution < 1.29 is 9.50 Å². The van der Waals surface area contributed by atoms with Crippen LogP contribution in [0, 0.1) is 5.82 Å². The Morgan fingerprint density at radius 2 is 2.28 bits per heavy atom. The molecule has 2 rings (SSSR count). The molecule has 2 aromatic rings. The molecule has 0 saturated carbocycles. The van der Waals surface area contributed by atoms with Crippen LogP contribution < -0.4 is 5.32 Å².